The lowest BCUT2D eigenvalue weighted by Gasteiger charge is -2.35. The standard InChI is InChI=1S/C28H35ClF3N3O2/c1-19(33-22-12-13-23(24(29)18-22)26(36)34(2)3)8-7-9-20-14-16-35(17-15-20)27(37)25(28(30,31)32)21-10-5-4-6-11-21/h4-6,10-13,18-20,25,33H,7-9,14-17H2,1-3H3. The molecule has 2 amide bonds. The molecule has 0 aromatic heterocycles. The Morgan fingerprint density at radius 2 is 1.76 bits per heavy atom. The highest BCUT2D eigenvalue weighted by molar-refractivity contribution is 6.34. The lowest BCUT2D eigenvalue weighted by molar-refractivity contribution is -0.172. The van der Waals surface area contributed by atoms with Gasteiger partial charge in [-0.3, -0.25) is 9.59 Å². The second-order valence-electron chi connectivity index (χ2n) is 10.0. The van der Waals surface area contributed by atoms with E-state index < -0.39 is 18.0 Å². The number of hydrogen-bond donors (Lipinski definition) is 1. The van der Waals surface area contributed by atoms with Crippen LogP contribution in [0.25, 0.3) is 0 Å². The van der Waals surface area contributed by atoms with Gasteiger partial charge in [-0.2, -0.15) is 13.2 Å². The highest BCUT2D eigenvalue weighted by Gasteiger charge is 2.47. The van der Waals surface area contributed by atoms with Crippen LogP contribution in [0.15, 0.2) is 48.5 Å². The van der Waals surface area contributed by atoms with Gasteiger partial charge in [-0.15, -0.1) is 0 Å². The molecule has 1 saturated heterocycles. The van der Waals surface area contributed by atoms with Crippen LogP contribution in [0.4, 0.5) is 18.9 Å². The normalized spacial score (nSPS) is 16.2. The van der Waals surface area contributed by atoms with Crippen molar-refractivity contribution in [2.75, 3.05) is 32.5 Å². The lowest BCUT2D eigenvalue weighted by atomic mass is 9.89. The summed E-state index contributed by atoms with van der Waals surface area (Å²) in [5.74, 6) is -2.72. The number of anilines is 1. The zero-order valence-corrected chi connectivity index (χ0v) is 22.3. The number of amides is 2. The smallest absolute Gasteiger partial charge is 0.383 e. The maximum atomic E-state index is 13.7. The van der Waals surface area contributed by atoms with Crippen molar-refractivity contribution in [1.29, 1.82) is 0 Å². The van der Waals surface area contributed by atoms with Crippen molar-refractivity contribution in [1.82, 2.24) is 9.80 Å². The van der Waals surface area contributed by atoms with Crippen LogP contribution >= 0.6 is 11.6 Å². The zero-order chi connectivity index (χ0) is 27.2. The third-order valence-electron chi connectivity index (χ3n) is 6.90. The van der Waals surface area contributed by atoms with Crippen molar-refractivity contribution < 1.29 is 22.8 Å². The van der Waals surface area contributed by atoms with E-state index in [0.29, 0.717) is 42.4 Å². The van der Waals surface area contributed by atoms with Crippen LogP contribution in [0.1, 0.15) is 60.9 Å². The third kappa shape index (κ3) is 7.87. The summed E-state index contributed by atoms with van der Waals surface area (Å²) < 4.78 is 41.2. The number of rotatable bonds is 9. The fourth-order valence-corrected chi connectivity index (χ4v) is 5.09. The molecule has 5 nitrogen and oxygen atoms in total. The number of halogens is 4. The summed E-state index contributed by atoms with van der Waals surface area (Å²) in [6.45, 7) is 2.79. The molecule has 0 aliphatic carbocycles. The predicted octanol–water partition coefficient (Wildman–Crippen LogP) is 6.60. The molecule has 0 radical (unpaired) electrons. The Morgan fingerprint density at radius 3 is 2.32 bits per heavy atom. The first-order valence-electron chi connectivity index (χ1n) is 12.7. The molecule has 1 aliphatic heterocycles. The molecule has 37 heavy (non-hydrogen) atoms. The summed E-state index contributed by atoms with van der Waals surface area (Å²) >= 11 is 6.29. The molecule has 1 aliphatic rings. The fraction of sp³-hybridized carbons (Fsp3) is 0.500. The van der Waals surface area contributed by atoms with Crippen LogP contribution in [0, 0.1) is 5.92 Å². The van der Waals surface area contributed by atoms with E-state index in [-0.39, 0.29) is 17.5 Å². The van der Waals surface area contributed by atoms with Gasteiger partial charge in [-0.05, 0) is 55.9 Å². The van der Waals surface area contributed by atoms with Gasteiger partial charge in [-0.1, -0.05) is 54.8 Å². The van der Waals surface area contributed by atoms with Crippen molar-refractivity contribution >= 4 is 29.1 Å². The molecule has 1 heterocycles. The second kappa shape index (κ2) is 12.7. The van der Waals surface area contributed by atoms with E-state index in [1.54, 1.807) is 32.3 Å². The molecule has 9 heteroatoms. The first kappa shape index (κ1) is 28.8. The Labute approximate surface area is 222 Å². The van der Waals surface area contributed by atoms with Crippen LogP contribution in [0.5, 0.6) is 0 Å². The predicted molar refractivity (Wildman–Crippen MR) is 141 cm³/mol. The number of carbonyl (C=O) groups is 2. The number of hydrogen-bond acceptors (Lipinski definition) is 3. The largest absolute Gasteiger partial charge is 0.404 e. The second-order valence-corrected chi connectivity index (χ2v) is 10.4. The van der Waals surface area contributed by atoms with Gasteiger partial charge in [0, 0.05) is 38.9 Å². The first-order chi connectivity index (χ1) is 17.5. The van der Waals surface area contributed by atoms with Crippen molar-refractivity contribution in [3.05, 3.63) is 64.7 Å². The number of alkyl halides is 3. The Bertz CT molecular complexity index is 1050. The van der Waals surface area contributed by atoms with Gasteiger partial charge in [-0.25, -0.2) is 0 Å². The number of piperidine rings is 1. The highest BCUT2D eigenvalue weighted by Crippen LogP contribution is 2.37. The average Bonchev–Trinajstić information content (AvgIpc) is 2.84. The molecule has 0 spiro atoms. The molecule has 2 aromatic carbocycles. The number of carbonyl (C=O) groups excluding carboxylic acids is 2. The van der Waals surface area contributed by atoms with E-state index >= 15 is 0 Å². The number of nitrogens with zero attached hydrogens (tertiary/aromatic N) is 2. The van der Waals surface area contributed by atoms with Crippen molar-refractivity contribution in [3.8, 4) is 0 Å². The summed E-state index contributed by atoms with van der Waals surface area (Å²) in [7, 11) is 3.36. The van der Waals surface area contributed by atoms with E-state index in [9.17, 15) is 22.8 Å². The number of likely N-dealkylation sites (tertiary alicyclic amines) is 1. The lowest BCUT2D eigenvalue weighted by Crippen LogP contribution is -2.44. The van der Waals surface area contributed by atoms with E-state index in [2.05, 4.69) is 12.2 Å². The summed E-state index contributed by atoms with van der Waals surface area (Å²) in [6, 6.07) is 12.9. The number of benzene rings is 2. The van der Waals surface area contributed by atoms with Crippen LogP contribution in [-0.4, -0.2) is 61.0 Å². The molecule has 2 atom stereocenters. The third-order valence-corrected chi connectivity index (χ3v) is 7.21. The minimum atomic E-state index is -4.62. The molecule has 1 N–H and O–H groups in total. The van der Waals surface area contributed by atoms with Gasteiger partial charge >= 0.3 is 6.18 Å². The van der Waals surface area contributed by atoms with Gasteiger partial charge in [0.2, 0.25) is 5.91 Å². The van der Waals surface area contributed by atoms with Crippen LogP contribution in [0.2, 0.25) is 5.02 Å². The number of nitrogens with one attached hydrogen (secondary N) is 1. The Hall–Kier alpha value is -2.74. The fourth-order valence-electron chi connectivity index (χ4n) is 4.83. The topological polar surface area (TPSA) is 52.7 Å². The molecule has 2 aromatic rings. The van der Waals surface area contributed by atoms with Crippen LogP contribution in [0.3, 0.4) is 0 Å². The van der Waals surface area contributed by atoms with Crippen LogP contribution < -0.4 is 5.32 Å². The van der Waals surface area contributed by atoms with Crippen molar-refractivity contribution in [3.63, 3.8) is 0 Å². The van der Waals surface area contributed by atoms with E-state index in [1.165, 1.54) is 34.1 Å². The molecule has 202 valence electrons. The monoisotopic (exact) mass is 537 g/mol. The van der Waals surface area contributed by atoms with Gasteiger partial charge in [0.25, 0.3) is 5.91 Å². The molecule has 1 fully saturated rings. The van der Waals surface area contributed by atoms with Crippen molar-refractivity contribution in [2.24, 2.45) is 5.92 Å². The van der Waals surface area contributed by atoms with Gasteiger partial charge in [0.15, 0.2) is 5.92 Å². The highest BCUT2D eigenvalue weighted by atomic mass is 35.5. The van der Waals surface area contributed by atoms with Gasteiger partial charge < -0.3 is 15.1 Å². The minimum Gasteiger partial charge on any atom is -0.383 e. The van der Waals surface area contributed by atoms with E-state index in [4.69, 9.17) is 11.6 Å². The van der Waals surface area contributed by atoms with Gasteiger partial charge in [0.1, 0.15) is 0 Å². The first-order valence-corrected chi connectivity index (χ1v) is 13.0. The zero-order valence-electron chi connectivity index (χ0n) is 21.5. The quantitative estimate of drug-likeness (QED) is 0.392. The maximum absolute atomic E-state index is 13.7. The Balaban J connectivity index is 1.44. The maximum Gasteiger partial charge on any atom is 0.404 e. The Morgan fingerprint density at radius 1 is 1.11 bits per heavy atom. The summed E-state index contributed by atoms with van der Waals surface area (Å²) in [6.07, 6.45) is -0.350. The van der Waals surface area contributed by atoms with E-state index in [1.807, 2.05) is 6.07 Å². The summed E-state index contributed by atoms with van der Waals surface area (Å²) in [5.41, 5.74) is 1.29. The average molecular weight is 538 g/mol. The Kier molecular flexibility index (Phi) is 9.87. The summed E-state index contributed by atoms with van der Waals surface area (Å²) in [4.78, 5) is 27.8. The minimum absolute atomic E-state index is 0.0103. The molecular formula is C28H35ClF3N3O2. The molecule has 2 unspecified atom stereocenters. The van der Waals surface area contributed by atoms with Crippen molar-refractivity contribution in [2.45, 2.75) is 57.2 Å². The molecule has 3 rings (SSSR count). The summed E-state index contributed by atoms with van der Waals surface area (Å²) in [5, 5.41) is 3.81. The molecular weight excluding hydrogens is 503 g/mol. The van der Waals surface area contributed by atoms with Crippen LogP contribution in [-0.2, 0) is 4.79 Å². The SMILES string of the molecule is CC(CCCC1CCN(C(=O)C(c2ccccc2)C(F)(F)F)CC1)Nc1ccc(C(=O)N(C)C)c(Cl)c1. The van der Waals surface area contributed by atoms with E-state index in [0.717, 1.165) is 24.9 Å². The molecule has 0 saturated carbocycles. The molecule has 0 bridgehead atoms. The van der Waals surface area contributed by atoms with Gasteiger partial charge in [0.05, 0.1) is 10.6 Å².